The van der Waals surface area contributed by atoms with Crippen LogP contribution in [0.4, 0.5) is 0 Å². The molecule has 7 rings (SSSR count). The molecule has 2 saturated heterocycles. The summed E-state index contributed by atoms with van der Waals surface area (Å²) >= 11 is 13.0. The third-order valence-electron chi connectivity index (χ3n) is 7.55. The Bertz CT molecular complexity index is 1580. The van der Waals surface area contributed by atoms with Crippen LogP contribution in [0.25, 0.3) is 22.2 Å². The first-order chi connectivity index (χ1) is 19.5. The van der Waals surface area contributed by atoms with E-state index in [1.807, 2.05) is 0 Å². The number of aromatic nitrogens is 2. The van der Waals surface area contributed by atoms with Crippen molar-refractivity contribution in [3.63, 3.8) is 0 Å². The predicted octanol–water partition coefficient (Wildman–Crippen LogP) is 5.90. The van der Waals surface area contributed by atoms with Crippen molar-refractivity contribution < 1.29 is 33.4 Å². The molecule has 0 radical (unpaired) electrons. The third-order valence-corrected chi connectivity index (χ3v) is 8.18. The van der Waals surface area contributed by atoms with Crippen LogP contribution < -0.4 is 4.74 Å². The highest BCUT2D eigenvalue weighted by atomic mass is 35.5. The zero-order chi connectivity index (χ0) is 27.4. The van der Waals surface area contributed by atoms with Gasteiger partial charge in [-0.1, -0.05) is 34.4 Å². The number of hydrogen-bond acceptors (Lipinski definition) is 8. The van der Waals surface area contributed by atoms with Crippen LogP contribution in [0.1, 0.15) is 40.4 Å². The Morgan fingerprint density at radius 3 is 2.50 bits per heavy atom. The number of ether oxygens (including phenoxy) is 4. The second-order valence-electron chi connectivity index (χ2n) is 10.2. The molecule has 1 saturated carbocycles. The molecule has 0 unspecified atom stereocenters. The molecule has 0 amide bonds. The number of halogens is 2. The molecular formula is C29H24Cl2N2O7. The fraction of sp³-hybridized carbons (Fsp3) is 0.345. The van der Waals surface area contributed by atoms with E-state index >= 15 is 0 Å². The molecule has 4 aromatic rings. The lowest BCUT2D eigenvalue weighted by Crippen LogP contribution is -2.35. The first-order valence-electron chi connectivity index (χ1n) is 13.0. The molecule has 2 aromatic carbocycles. The molecule has 9 nitrogen and oxygen atoms in total. The molecule has 0 bridgehead atoms. The van der Waals surface area contributed by atoms with Gasteiger partial charge in [-0.25, -0.2) is 9.78 Å². The molecule has 206 valence electrons. The summed E-state index contributed by atoms with van der Waals surface area (Å²) in [6, 6.07) is 13.6. The fourth-order valence-electron chi connectivity index (χ4n) is 5.37. The molecule has 4 heterocycles. The van der Waals surface area contributed by atoms with Gasteiger partial charge >= 0.3 is 5.97 Å². The first-order valence-corrected chi connectivity index (χ1v) is 13.8. The summed E-state index contributed by atoms with van der Waals surface area (Å²) in [5.74, 6) is 0.563. The lowest BCUT2D eigenvalue weighted by atomic mass is 10.0. The van der Waals surface area contributed by atoms with Gasteiger partial charge in [-0.15, -0.1) is 0 Å². The van der Waals surface area contributed by atoms with Gasteiger partial charge in [-0.2, -0.15) is 0 Å². The van der Waals surface area contributed by atoms with Gasteiger partial charge in [0.05, 0.1) is 40.9 Å². The highest BCUT2D eigenvalue weighted by molar-refractivity contribution is 6.39. The number of carboxylic acids is 1. The number of carbonyl (C=O) groups is 1. The van der Waals surface area contributed by atoms with Crippen molar-refractivity contribution in [2.45, 2.75) is 49.8 Å². The second kappa shape index (κ2) is 10.3. The maximum absolute atomic E-state index is 11.2. The lowest BCUT2D eigenvalue weighted by Gasteiger charge is -2.18. The summed E-state index contributed by atoms with van der Waals surface area (Å²) in [7, 11) is 0. The van der Waals surface area contributed by atoms with Crippen LogP contribution in [0.2, 0.25) is 10.0 Å². The fourth-order valence-corrected chi connectivity index (χ4v) is 5.95. The van der Waals surface area contributed by atoms with E-state index in [1.54, 1.807) is 42.5 Å². The van der Waals surface area contributed by atoms with Gasteiger partial charge in [0.1, 0.15) is 29.8 Å². The number of aromatic carboxylic acids is 1. The predicted molar refractivity (Wildman–Crippen MR) is 145 cm³/mol. The summed E-state index contributed by atoms with van der Waals surface area (Å²) < 4.78 is 30.4. The van der Waals surface area contributed by atoms with Crippen molar-refractivity contribution >= 4 is 40.1 Å². The summed E-state index contributed by atoms with van der Waals surface area (Å²) in [6.45, 7) is 0.932. The Morgan fingerprint density at radius 2 is 1.75 bits per heavy atom. The zero-order valence-corrected chi connectivity index (χ0v) is 22.6. The van der Waals surface area contributed by atoms with E-state index in [0.29, 0.717) is 51.8 Å². The molecule has 2 aromatic heterocycles. The van der Waals surface area contributed by atoms with Crippen LogP contribution in [0.15, 0.2) is 53.1 Å². The smallest absolute Gasteiger partial charge is 0.335 e. The van der Waals surface area contributed by atoms with Gasteiger partial charge in [0.2, 0.25) is 5.88 Å². The monoisotopic (exact) mass is 582 g/mol. The molecule has 1 aliphatic carbocycles. The molecule has 3 fully saturated rings. The van der Waals surface area contributed by atoms with E-state index in [4.69, 9.17) is 46.7 Å². The van der Waals surface area contributed by atoms with Gasteiger partial charge in [0.15, 0.2) is 6.10 Å². The van der Waals surface area contributed by atoms with Crippen molar-refractivity contribution in [2.75, 3.05) is 13.2 Å². The normalized spacial score (nSPS) is 23.9. The van der Waals surface area contributed by atoms with E-state index in [-0.39, 0.29) is 36.6 Å². The number of carboxylic acid groups (broad SMARTS) is 1. The van der Waals surface area contributed by atoms with Crippen molar-refractivity contribution in [3.05, 3.63) is 75.5 Å². The van der Waals surface area contributed by atoms with Crippen LogP contribution in [-0.4, -0.2) is 58.8 Å². The Balaban J connectivity index is 1.05. The van der Waals surface area contributed by atoms with E-state index in [2.05, 4.69) is 10.1 Å². The minimum absolute atomic E-state index is 0.206. The Morgan fingerprint density at radius 1 is 1.00 bits per heavy atom. The maximum Gasteiger partial charge on any atom is 0.335 e. The van der Waals surface area contributed by atoms with E-state index in [1.165, 1.54) is 6.07 Å². The third kappa shape index (κ3) is 4.71. The molecule has 40 heavy (non-hydrogen) atoms. The summed E-state index contributed by atoms with van der Waals surface area (Å²) in [5, 5.41) is 15.3. The molecule has 4 atom stereocenters. The highest BCUT2D eigenvalue weighted by Crippen LogP contribution is 2.46. The van der Waals surface area contributed by atoms with Crippen LogP contribution in [0.3, 0.4) is 0 Å². The number of rotatable bonds is 8. The average molecular weight is 583 g/mol. The number of benzene rings is 2. The lowest BCUT2D eigenvalue weighted by molar-refractivity contribution is -0.0429. The van der Waals surface area contributed by atoms with E-state index in [9.17, 15) is 9.90 Å². The van der Waals surface area contributed by atoms with Crippen LogP contribution in [0, 0.1) is 0 Å². The molecular weight excluding hydrogens is 559 g/mol. The SMILES string of the molecule is O=C(O)c1ccc2nc(O[C@@H]3CO[C@H]4[C@@H]3OC[C@H]4OCc3c(-c4c(Cl)cccc4Cl)noc3C3CC3)ccc2c1. The van der Waals surface area contributed by atoms with Gasteiger partial charge in [0.25, 0.3) is 0 Å². The number of pyridine rings is 1. The van der Waals surface area contributed by atoms with Gasteiger partial charge < -0.3 is 28.6 Å². The largest absolute Gasteiger partial charge is 0.478 e. The minimum Gasteiger partial charge on any atom is -0.478 e. The van der Waals surface area contributed by atoms with Crippen molar-refractivity contribution in [1.29, 1.82) is 0 Å². The molecule has 0 spiro atoms. The average Bonchev–Trinajstić information content (AvgIpc) is 3.39. The van der Waals surface area contributed by atoms with Crippen LogP contribution in [0.5, 0.6) is 5.88 Å². The molecule has 1 N–H and O–H groups in total. The van der Waals surface area contributed by atoms with Gasteiger partial charge in [0, 0.05) is 28.5 Å². The Kier molecular flexibility index (Phi) is 6.64. The summed E-state index contributed by atoms with van der Waals surface area (Å²) in [4.78, 5) is 15.8. The molecule has 11 heteroatoms. The quantitative estimate of drug-likeness (QED) is 0.271. The highest BCUT2D eigenvalue weighted by Gasteiger charge is 2.50. The number of fused-ring (bicyclic) bond motifs is 2. The number of hydrogen-bond donors (Lipinski definition) is 1. The minimum atomic E-state index is -0.983. The Labute approximate surface area is 238 Å². The van der Waals surface area contributed by atoms with Gasteiger partial charge in [-0.3, -0.25) is 0 Å². The standard InChI is InChI=1S/C29H24Cl2N2O7/c30-18-2-1-3-19(31)24(18)25-17(26(40-33-25)14-4-5-14)11-36-21-12-37-28-22(13-38-27(21)28)39-23-9-7-15-10-16(29(34)35)6-8-20(15)32-23/h1-3,6-10,14,21-22,27-28H,4-5,11-13H2,(H,34,35)/t21-,22-,27-,28-/m1/s1. The summed E-state index contributed by atoms with van der Waals surface area (Å²) in [6.07, 6.45) is 0.785. The van der Waals surface area contributed by atoms with Crippen LogP contribution in [-0.2, 0) is 20.8 Å². The van der Waals surface area contributed by atoms with Crippen molar-refractivity contribution in [3.8, 4) is 17.1 Å². The zero-order valence-electron chi connectivity index (χ0n) is 21.1. The second-order valence-corrected chi connectivity index (χ2v) is 11.0. The topological polar surface area (TPSA) is 113 Å². The maximum atomic E-state index is 11.2. The van der Waals surface area contributed by atoms with E-state index < -0.39 is 5.97 Å². The van der Waals surface area contributed by atoms with Gasteiger partial charge in [-0.05, 0) is 49.2 Å². The summed E-state index contributed by atoms with van der Waals surface area (Å²) in [5.41, 5.74) is 2.92. The van der Waals surface area contributed by atoms with Crippen molar-refractivity contribution in [1.82, 2.24) is 10.1 Å². The number of nitrogens with zero attached hydrogens (tertiary/aromatic N) is 2. The molecule has 3 aliphatic rings. The first kappa shape index (κ1) is 25.7. The molecule has 2 aliphatic heterocycles. The van der Waals surface area contributed by atoms with Crippen molar-refractivity contribution in [2.24, 2.45) is 0 Å². The van der Waals surface area contributed by atoms with Crippen LogP contribution >= 0.6 is 23.2 Å². The Hall–Kier alpha value is -3.21. The van der Waals surface area contributed by atoms with E-state index in [0.717, 1.165) is 29.6 Å².